The van der Waals surface area contributed by atoms with Crippen molar-refractivity contribution in [1.82, 2.24) is 14.9 Å². The van der Waals surface area contributed by atoms with Gasteiger partial charge < -0.3 is 14.4 Å². The monoisotopic (exact) mass is 335 g/mol. The van der Waals surface area contributed by atoms with Crippen LogP contribution in [0.5, 0.6) is 11.8 Å². The van der Waals surface area contributed by atoms with Gasteiger partial charge in [-0.15, -0.1) is 0 Å². The lowest BCUT2D eigenvalue weighted by molar-refractivity contribution is 0.0158. The molecule has 3 aromatic rings. The summed E-state index contributed by atoms with van der Waals surface area (Å²) in [5.74, 6) is 0.819. The van der Waals surface area contributed by atoms with Crippen LogP contribution in [0, 0.1) is 0 Å². The summed E-state index contributed by atoms with van der Waals surface area (Å²) in [7, 11) is 1.51. The van der Waals surface area contributed by atoms with E-state index in [1.165, 1.54) is 7.11 Å². The first kappa shape index (κ1) is 15.4. The summed E-state index contributed by atoms with van der Waals surface area (Å²) in [6.07, 6.45) is 1.54. The van der Waals surface area contributed by atoms with Crippen LogP contribution in [-0.2, 0) is 0 Å². The first-order chi connectivity index (χ1) is 12.2. The second kappa shape index (κ2) is 6.39. The molecule has 1 aliphatic heterocycles. The molecule has 1 aliphatic rings. The van der Waals surface area contributed by atoms with Crippen molar-refractivity contribution < 1.29 is 14.3 Å². The van der Waals surface area contributed by atoms with Crippen LogP contribution in [0.15, 0.2) is 54.7 Å². The average Bonchev–Trinajstić information content (AvgIpc) is 2.63. The lowest BCUT2D eigenvalue weighted by Crippen LogP contribution is -2.56. The fourth-order valence-corrected chi connectivity index (χ4v) is 2.85. The summed E-state index contributed by atoms with van der Waals surface area (Å²) in [5, 5.41) is 1.07. The first-order valence-electron chi connectivity index (χ1n) is 8.05. The number of amides is 1. The molecule has 0 radical (unpaired) electrons. The summed E-state index contributed by atoms with van der Waals surface area (Å²) in [6.45, 7) is 1.04. The second-order valence-electron chi connectivity index (χ2n) is 5.85. The quantitative estimate of drug-likeness (QED) is 0.733. The van der Waals surface area contributed by atoms with Crippen molar-refractivity contribution in [3.8, 4) is 11.8 Å². The average molecular weight is 335 g/mol. The Morgan fingerprint density at radius 3 is 2.80 bits per heavy atom. The summed E-state index contributed by atoms with van der Waals surface area (Å²) in [4.78, 5) is 22.8. The van der Waals surface area contributed by atoms with E-state index in [1.54, 1.807) is 23.2 Å². The lowest BCUT2D eigenvalue weighted by Gasteiger charge is -2.38. The predicted octanol–water partition coefficient (Wildman–Crippen LogP) is 2.54. The molecule has 0 bridgehead atoms. The fourth-order valence-electron chi connectivity index (χ4n) is 2.85. The Kier molecular flexibility index (Phi) is 3.93. The number of hydrogen-bond acceptors (Lipinski definition) is 5. The zero-order chi connectivity index (χ0) is 17.2. The van der Waals surface area contributed by atoms with E-state index in [2.05, 4.69) is 9.97 Å². The van der Waals surface area contributed by atoms with Gasteiger partial charge in [0.05, 0.1) is 25.7 Å². The van der Waals surface area contributed by atoms with Gasteiger partial charge in [-0.1, -0.05) is 18.2 Å². The molecular weight excluding hydrogens is 318 g/mol. The number of rotatable bonds is 4. The second-order valence-corrected chi connectivity index (χ2v) is 5.85. The van der Waals surface area contributed by atoms with E-state index in [-0.39, 0.29) is 12.0 Å². The fraction of sp³-hybridized carbons (Fsp3) is 0.211. The molecule has 3 heterocycles. The molecule has 0 aliphatic carbocycles. The Hall–Kier alpha value is -3.15. The highest BCUT2D eigenvalue weighted by Gasteiger charge is 2.34. The molecule has 6 heteroatoms. The van der Waals surface area contributed by atoms with Gasteiger partial charge in [-0.25, -0.2) is 9.97 Å². The summed E-state index contributed by atoms with van der Waals surface area (Å²) in [5.41, 5.74) is 1.36. The smallest absolute Gasteiger partial charge is 0.259 e. The number of carbonyl (C=O) groups is 1. The minimum absolute atomic E-state index is 0.0553. The molecule has 25 heavy (non-hydrogen) atoms. The highest BCUT2D eigenvalue weighted by Crippen LogP contribution is 2.23. The molecule has 1 aromatic carbocycles. The molecule has 1 saturated heterocycles. The highest BCUT2D eigenvalue weighted by molar-refractivity contribution is 5.96. The number of ether oxygens (including phenoxy) is 2. The third-order valence-electron chi connectivity index (χ3n) is 4.19. The van der Waals surface area contributed by atoms with Gasteiger partial charge in [0.15, 0.2) is 0 Å². The number of likely N-dealkylation sites (tertiary alicyclic amines) is 1. The summed E-state index contributed by atoms with van der Waals surface area (Å²) >= 11 is 0. The maximum Gasteiger partial charge on any atom is 0.259 e. The minimum Gasteiger partial charge on any atom is -0.480 e. The summed E-state index contributed by atoms with van der Waals surface area (Å²) in [6, 6.07) is 15.2. The zero-order valence-electron chi connectivity index (χ0n) is 13.8. The van der Waals surface area contributed by atoms with E-state index in [0.29, 0.717) is 30.4 Å². The highest BCUT2D eigenvalue weighted by atomic mass is 16.5. The van der Waals surface area contributed by atoms with E-state index >= 15 is 0 Å². The van der Waals surface area contributed by atoms with Crippen molar-refractivity contribution >= 4 is 16.8 Å². The molecule has 0 saturated carbocycles. The topological polar surface area (TPSA) is 64.5 Å². The van der Waals surface area contributed by atoms with Crippen LogP contribution in [0.3, 0.4) is 0 Å². The Balaban J connectivity index is 1.40. The maximum absolute atomic E-state index is 12.5. The Bertz CT molecular complexity index is 922. The van der Waals surface area contributed by atoms with Crippen molar-refractivity contribution in [2.24, 2.45) is 0 Å². The van der Waals surface area contributed by atoms with Gasteiger partial charge in [-0.05, 0) is 24.3 Å². The number of pyridine rings is 2. The normalized spacial score (nSPS) is 14.2. The largest absolute Gasteiger partial charge is 0.480 e. The van der Waals surface area contributed by atoms with Crippen molar-refractivity contribution in [1.29, 1.82) is 0 Å². The molecule has 126 valence electrons. The molecule has 1 amide bonds. The van der Waals surface area contributed by atoms with Gasteiger partial charge >= 0.3 is 0 Å². The maximum atomic E-state index is 12.5. The first-order valence-corrected chi connectivity index (χ1v) is 8.05. The van der Waals surface area contributed by atoms with Crippen LogP contribution in [0.1, 0.15) is 10.4 Å². The zero-order valence-corrected chi connectivity index (χ0v) is 13.8. The van der Waals surface area contributed by atoms with E-state index in [9.17, 15) is 4.79 Å². The van der Waals surface area contributed by atoms with Gasteiger partial charge in [0.1, 0.15) is 11.7 Å². The SMILES string of the molecule is COc1ncccc1C(=O)N1CC(Oc2ccc3ccccc3n2)C1. The number of aromatic nitrogens is 2. The molecule has 4 rings (SSSR count). The number of fused-ring (bicyclic) bond motifs is 1. The number of methoxy groups -OCH3 is 1. The van der Waals surface area contributed by atoms with E-state index < -0.39 is 0 Å². The van der Waals surface area contributed by atoms with E-state index in [0.717, 1.165) is 10.9 Å². The number of carbonyl (C=O) groups excluding carboxylic acids is 1. The Morgan fingerprint density at radius 2 is 1.96 bits per heavy atom. The van der Waals surface area contributed by atoms with Gasteiger partial charge in [-0.3, -0.25) is 4.79 Å². The molecule has 0 N–H and O–H groups in total. The third-order valence-corrected chi connectivity index (χ3v) is 4.19. The lowest BCUT2D eigenvalue weighted by atomic mass is 10.1. The Morgan fingerprint density at radius 1 is 1.12 bits per heavy atom. The van der Waals surface area contributed by atoms with Gasteiger partial charge in [0, 0.05) is 17.6 Å². The Labute approximate surface area is 145 Å². The van der Waals surface area contributed by atoms with E-state index in [4.69, 9.17) is 9.47 Å². The van der Waals surface area contributed by atoms with Gasteiger partial charge in [0.2, 0.25) is 11.8 Å². The molecule has 1 fully saturated rings. The van der Waals surface area contributed by atoms with Crippen LogP contribution in [0.25, 0.3) is 10.9 Å². The van der Waals surface area contributed by atoms with Crippen molar-refractivity contribution in [3.63, 3.8) is 0 Å². The minimum atomic E-state index is -0.101. The van der Waals surface area contributed by atoms with Gasteiger partial charge in [-0.2, -0.15) is 0 Å². The van der Waals surface area contributed by atoms with Crippen LogP contribution < -0.4 is 9.47 Å². The number of para-hydroxylation sites is 1. The van der Waals surface area contributed by atoms with Gasteiger partial charge in [0.25, 0.3) is 5.91 Å². The predicted molar refractivity (Wildman–Crippen MR) is 92.9 cm³/mol. The third kappa shape index (κ3) is 2.98. The molecule has 0 spiro atoms. The van der Waals surface area contributed by atoms with Crippen LogP contribution >= 0.6 is 0 Å². The van der Waals surface area contributed by atoms with Crippen molar-refractivity contribution in [2.75, 3.05) is 20.2 Å². The van der Waals surface area contributed by atoms with E-state index in [1.807, 2.05) is 36.4 Å². The molecular formula is C19H17N3O3. The molecule has 0 atom stereocenters. The molecule has 6 nitrogen and oxygen atoms in total. The molecule has 2 aromatic heterocycles. The van der Waals surface area contributed by atoms with Crippen LogP contribution in [0.4, 0.5) is 0 Å². The number of hydrogen-bond donors (Lipinski definition) is 0. The number of benzene rings is 1. The van der Waals surface area contributed by atoms with Crippen LogP contribution in [0.2, 0.25) is 0 Å². The number of nitrogens with zero attached hydrogens (tertiary/aromatic N) is 3. The van der Waals surface area contributed by atoms with Crippen molar-refractivity contribution in [3.05, 3.63) is 60.3 Å². The standard InChI is InChI=1S/C19H17N3O3/c1-24-18-15(6-4-10-20-18)19(23)22-11-14(12-22)25-17-9-8-13-5-2-3-7-16(13)21-17/h2-10,14H,11-12H2,1H3. The van der Waals surface area contributed by atoms with Crippen molar-refractivity contribution in [2.45, 2.75) is 6.10 Å². The van der Waals surface area contributed by atoms with Crippen LogP contribution in [-0.4, -0.2) is 47.1 Å². The molecule has 0 unspecified atom stereocenters. The summed E-state index contributed by atoms with van der Waals surface area (Å²) < 4.78 is 11.0.